The van der Waals surface area contributed by atoms with Gasteiger partial charge in [-0.05, 0) is 49.3 Å². The summed E-state index contributed by atoms with van der Waals surface area (Å²) >= 11 is 0. The Kier molecular flexibility index (Phi) is 2.29. The van der Waals surface area contributed by atoms with Crippen molar-refractivity contribution < 1.29 is 9.18 Å². The highest BCUT2D eigenvalue weighted by atomic mass is 19.1. The van der Waals surface area contributed by atoms with Gasteiger partial charge in [-0.1, -0.05) is 12.1 Å². The van der Waals surface area contributed by atoms with E-state index in [0.29, 0.717) is 11.6 Å². The number of rotatable bonds is 3. The number of nitrogens with zero attached hydrogens (tertiary/aromatic N) is 2. The van der Waals surface area contributed by atoms with E-state index in [-0.39, 0.29) is 23.2 Å². The van der Waals surface area contributed by atoms with Gasteiger partial charge in [0.1, 0.15) is 11.5 Å². The Morgan fingerprint density at radius 3 is 2.68 bits per heavy atom. The van der Waals surface area contributed by atoms with Gasteiger partial charge in [-0.2, -0.15) is 5.10 Å². The Bertz CT molecular complexity index is 733. The first-order valence-corrected chi connectivity index (χ1v) is 7.90. The zero-order chi connectivity index (χ0) is 14.9. The number of carbonyl (C=O) groups excluding carboxylic acids is 1. The van der Waals surface area contributed by atoms with Gasteiger partial charge in [0.25, 0.3) is 5.91 Å². The molecule has 5 heteroatoms. The van der Waals surface area contributed by atoms with Crippen LogP contribution in [0.1, 0.15) is 31.2 Å². The Hall–Kier alpha value is -2.04. The fraction of sp³-hybridized carbons (Fsp3) is 0.471. The molecule has 5 rings (SSSR count). The number of amides is 1. The number of hydrogen-bond acceptors (Lipinski definition) is 3. The topological polar surface area (TPSA) is 53.8 Å². The van der Waals surface area contributed by atoms with Gasteiger partial charge in [-0.15, -0.1) is 5.10 Å². The van der Waals surface area contributed by atoms with Crippen LogP contribution in [0.15, 0.2) is 34.5 Å². The Balaban J connectivity index is 1.34. The molecule has 3 aliphatic carbocycles. The maximum absolute atomic E-state index is 13.1. The number of halogens is 1. The molecule has 4 aliphatic rings. The Morgan fingerprint density at radius 2 is 1.95 bits per heavy atom. The van der Waals surface area contributed by atoms with E-state index in [4.69, 9.17) is 0 Å². The fourth-order valence-electron chi connectivity index (χ4n) is 3.99. The molecule has 3 atom stereocenters. The quantitative estimate of drug-likeness (QED) is 0.915. The first-order chi connectivity index (χ1) is 10.7. The molecule has 0 spiro atoms. The second-order valence-corrected chi connectivity index (χ2v) is 6.94. The van der Waals surface area contributed by atoms with Crippen LogP contribution in [-0.4, -0.2) is 17.3 Å². The van der Waals surface area contributed by atoms with E-state index in [1.807, 2.05) is 0 Å². The number of nitrogens with one attached hydrogen (secondary N) is 1. The molecule has 0 radical (unpaired) electrons. The first kappa shape index (κ1) is 12.5. The van der Waals surface area contributed by atoms with Crippen LogP contribution in [0.25, 0.3) is 0 Å². The molecule has 1 N–H and O–H groups in total. The Morgan fingerprint density at radius 1 is 1.18 bits per heavy atom. The number of hydrogen-bond donors (Lipinski definition) is 1. The van der Waals surface area contributed by atoms with Gasteiger partial charge in [0.15, 0.2) is 0 Å². The second kappa shape index (κ2) is 4.03. The molecule has 0 aromatic heterocycles. The highest BCUT2D eigenvalue weighted by molar-refractivity contribution is 6.45. The van der Waals surface area contributed by atoms with E-state index in [0.717, 1.165) is 36.5 Å². The fourth-order valence-corrected chi connectivity index (χ4v) is 3.99. The minimum atomic E-state index is -0.336. The van der Waals surface area contributed by atoms with Gasteiger partial charge in [-0.3, -0.25) is 4.79 Å². The minimum absolute atomic E-state index is 0.105. The average Bonchev–Trinajstić information content (AvgIpc) is 3.37. The van der Waals surface area contributed by atoms with E-state index in [2.05, 4.69) is 15.5 Å². The lowest BCUT2D eigenvalue weighted by atomic mass is 9.95. The molecule has 22 heavy (non-hydrogen) atoms. The molecule has 4 nitrogen and oxygen atoms in total. The van der Waals surface area contributed by atoms with E-state index in [1.54, 1.807) is 12.1 Å². The van der Waals surface area contributed by atoms with Crippen LogP contribution in [-0.2, 0) is 10.3 Å². The number of carbonyl (C=O) groups is 1. The third-order valence-corrected chi connectivity index (χ3v) is 5.53. The summed E-state index contributed by atoms with van der Waals surface area (Å²) < 4.78 is 13.1. The van der Waals surface area contributed by atoms with Crippen molar-refractivity contribution in [3.05, 3.63) is 35.6 Å². The third-order valence-electron chi connectivity index (χ3n) is 5.53. The second-order valence-electron chi connectivity index (χ2n) is 6.94. The van der Waals surface area contributed by atoms with Crippen LogP contribution < -0.4 is 5.32 Å². The lowest BCUT2D eigenvalue weighted by molar-refractivity contribution is -0.116. The van der Waals surface area contributed by atoms with Crippen LogP contribution >= 0.6 is 0 Å². The first-order valence-electron chi connectivity index (χ1n) is 7.90. The van der Waals surface area contributed by atoms with Crippen LogP contribution in [0.3, 0.4) is 0 Å². The van der Waals surface area contributed by atoms with Crippen molar-refractivity contribution in [2.45, 2.75) is 31.2 Å². The summed E-state index contributed by atoms with van der Waals surface area (Å²) in [6, 6.07) is 6.40. The zero-order valence-corrected chi connectivity index (χ0v) is 12.1. The molecule has 1 amide bonds. The molecular weight excluding hydrogens is 281 g/mol. The van der Waals surface area contributed by atoms with Crippen LogP contribution in [0, 0.1) is 23.6 Å². The smallest absolute Gasteiger partial charge is 0.268 e. The minimum Gasteiger partial charge on any atom is -0.341 e. The van der Waals surface area contributed by atoms with E-state index >= 15 is 0 Å². The molecule has 0 saturated heterocycles. The monoisotopic (exact) mass is 297 g/mol. The van der Waals surface area contributed by atoms with Crippen molar-refractivity contribution in [2.24, 2.45) is 28.0 Å². The van der Waals surface area contributed by atoms with Gasteiger partial charge >= 0.3 is 0 Å². The molecule has 1 aromatic carbocycles. The van der Waals surface area contributed by atoms with Gasteiger partial charge in [-0.25, -0.2) is 4.39 Å². The molecule has 112 valence electrons. The summed E-state index contributed by atoms with van der Waals surface area (Å²) in [5.41, 5.74) is 2.34. The lowest BCUT2D eigenvalue weighted by Gasteiger charge is -2.19. The maximum Gasteiger partial charge on any atom is 0.268 e. The molecule has 3 fully saturated rings. The summed E-state index contributed by atoms with van der Waals surface area (Å²) in [6.45, 7) is 0. The van der Waals surface area contributed by atoms with Gasteiger partial charge in [0, 0.05) is 11.8 Å². The third kappa shape index (κ3) is 1.71. The Labute approximate surface area is 127 Å². The summed E-state index contributed by atoms with van der Waals surface area (Å²) in [4.78, 5) is 12.6. The SMILES string of the molecule is O=C(NC1(c2ccc(F)cc2)CC1)C1=NN=C2C1CC1CC21. The van der Waals surface area contributed by atoms with E-state index in [9.17, 15) is 9.18 Å². The van der Waals surface area contributed by atoms with Crippen molar-refractivity contribution in [1.82, 2.24) is 5.32 Å². The lowest BCUT2D eigenvalue weighted by Crippen LogP contribution is -2.42. The summed E-state index contributed by atoms with van der Waals surface area (Å²) in [6.07, 6.45) is 4.03. The van der Waals surface area contributed by atoms with Gasteiger partial charge < -0.3 is 5.32 Å². The molecule has 0 bridgehead atoms. The molecular formula is C17H16FN3O. The van der Waals surface area contributed by atoms with Crippen molar-refractivity contribution in [2.75, 3.05) is 0 Å². The number of benzene rings is 1. The van der Waals surface area contributed by atoms with Crippen LogP contribution in [0.5, 0.6) is 0 Å². The predicted molar refractivity (Wildman–Crippen MR) is 80.0 cm³/mol. The summed E-state index contributed by atoms with van der Waals surface area (Å²) in [7, 11) is 0. The van der Waals surface area contributed by atoms with Gasteiger partial charge in [0.05, 0.1) is 11.3 Å². The molecule has 1 aliphatic heterocycles. The average molecular weight is 297 g/mol. The summed E-state index contributed by atoms with van der Waals surface area (Å²) in [5.74, 6) is 1.11. The van der Waals surface area contributed by atoms with Crippen molar-refractivity contribution in [3.8, 4) is 0 Å². The molecule has 1 aromatic rings. The van der Waals surface area contributed by atoms with Crippen LogP contribution in [0.2, 0.25) is 0 Å². The van der Waals surface area contributed by atoms with E-state index in [1.165, 1.54) is 18.6 Å². The maximum atomic E-state index is 13.1. The van der Waals surface area contributed by atoms with E-state index < -0.39 is 0 Å². The zero-order valence-electron chi connectivity index (χ0n) is 12.1. The molecule has 1 heterocycles. The van der Waals surface area contributed by atoms with Crippen molar-refractivity contribution >= 4 is 17.3 Å². The summed E-state index contributed by atoms with van der Waals surface area (Å²) in [5, 5.41) is 11.5. The normalized spacial score (nSPS) is 32.7. The van der Waals surface area contributed by atoms with Crippen LogP contribution in [0.4, 0.5) is 4.39 Å². The van der Waals surface area contributed by atoms with Crippen molar-refractivity contribution in [1.29, 1.82) is 0 Å². The molecule has 3 unspecified atom stereocenters. The largest absolute Gasteiger partial charge is 0.341 e. The number of fused-ring (bicyclic) bond motifs is 3. The molecule has 3 saturated carbocycles. The standard InChI is InChI=1S/C17H16FN3O/c18-11-3-1-10(2-4-11)17(5-6-17)19-16(22)15-13-8-9-7-12(9)14(13)20-21-15/h1-4,9,12-13H,5-8H2,(H,19,22). The van der Waals surface area contributed by atoms with Gasteiger partial charge in [0.2, 0.25) is 0 Å². The predicted octanol–water partition coefficient (Wildman–Crippen LogP) is 2.40. The highest BCUT2D eigenvalue weighted by Gasteiger charge is 2.56. The van der Waals surface area contributed by atoms with Crippen molar-refractivity contribution in [3.63, 3.8) is 0 Å². The highest BCUT2D eigenvalue weighted by Crippen LogP contribution is 2.54.